The van der Waals surface area contributed by atoms with Gasteiger partial charge >= 0.3 is 17.9 Å². The third-order valence-corrected chi connectivity index (χ3v) is 9.78. The molecule has 0 spiro atoms. The number of benzene rings is 3. The van der Waals surface area contributed by atoms with E-state index in [1.165, 1.54) is 95.2 Å². The Balaban J connectivity index is 1.35. The number of ether oxygens (including phenoxy) is 10. The van der Waals surface area contributed by atoms with Gasteiger partial charge in [-0.25, -0.2) is 14.4 Å². The molecule has 2 aliphatic heterocycles. The molecule has 3 aromatic rings. The first-order valence-corrected chi connectivity index (χ1v) is 19.2. The van der Waals surface area contributed by atoms with Crippen molar-refractivity contribution in [1.29, 1.82) is 0 Å². The summed E-state index contributed by atoms with van der Waals surface area (Å²) in [6.45, 7) is -1.58. The van der Waals surface area contributed by atoms with Crippen molar-refractivity contribution in [3.05, 3.63) is 83.4 Å². The molecule has 346 valence electrons. The average Bonchev–Trinajstić information content (AvgIpc) is 3.29. The van der Waals surface area contributed by atoms with Gasteiger partial charge in [0.1, 0.15) is 36.6 Å². The zero-order chi connectivity index (χ0) is 46.7. The number of phenols is 3. The molecule has 0 aromatic heterocycles. The SMILES string of the molecule is COc1cc(C=CC(=O)OC2C(OCC3OC(OC(=O)C=Cc4cc(OC)c(O)c(OC)c4)C(OC(=O)C=Cc4ccc(O)c(OC)c4)C(O)C3O)OC(CO)C(O)C2O)ccc1O. The van der Waals surface area contributed by atoms with Gasteiger partial charge in [-0.05, 0) is 71.3 Å². The Morgan fingerprint density at radius 1 is 0.547 bits per heavy atom. The molecule has 0 amide bonds. The highest BCUT2D eigenvalue weighted by Gasteiger charge is 2.51. The van der Waals surface area contributed by atoms with E-state index in [1.54, 1.807) is 0 Å². The number of aliphatic hydroxyl groups is 5. The van der Waals surface area contributed by atoms with Gasteiger partial charge < -0.3 is 88.2 Å². The number of aliphatic hydroxyl groups excluding tert-OH is 5. The van der Waals surface area contributed by atoms with Crippen LogP contribution in [0.3, 0.4) is 0 Å². The molecule has 2 saturated heterocycles. The predicted molar refractivity (Wildman–Crippen MR) is 218 cm³/mol. The fourth-order valence-corrected chi connectivity index (χ4v) is 6.37. The first-order chi connectivity index (χ1) is 30.6. The van der Waals surface area contributed by atoms with Crippen molar-refractivity contribution >= 4 is 36.1 Å². The predicted octanol–water partition coefficient (Wildman–Crippen LogP) is 0.547. The van der Waals surface area contributed by atoms with Crippen molar-refractivity contribution in [1.82, 2.24) is 0 Å². The van der Waals surface area contributed by atoms with Gasteiger partial charge in [0.2, 0.25) is 12.0 Å². The molecular formula is C43H48O21. The lowest BCUT2D eigenvalue weighted by Crippen LogP contribution is -2.63. The van der Waals surface area contributed by atoms with Crippen molar-refractivity contribution in [3.63, 3.8) is 0 Å². The Labute approximate surface area is 365 Å². The minimum absolute atomic E-state index is 0.0200. The second-order valence-electron chi connectivity index (χ2n) is 13.9. The van der Waals surface area contributed by atoms with Crippen molar-refractivity contribution in [2.75, 3.05) is 41.7 Å². The first-order valence-electron chi connectivity index (χ1n) is 19.2. The highest BCUT2D eigenvalue weighted by molar-refractivity contribution is 5.89. The van der Waals surface area contributed by atoms with Crippen molar-refractivity contribution in [2.45, 2.75) is 61.4 Å². The molecule has 0 aliphatic carbocycles. The number of esters is 3. The van der Waals surface area contributed by atoms with E-state index >= 15 is 0 Å². The van der Waals surface area contributed by atoms with Crippen molar-refractivity contribution in [3.8, 4) is 40.2 Å². The lowest BCUT2D eigenvalue weighted by Gasteiger charge is -2.43. The van der Waals surface area contributed by atoms with E-state index in [4.69, 9.17) is 47.4 Å². The zero-order valence-corrected chi connectivity index (χ0v) is 34.7. The normalized spacial score (nSPS) is 25.8. The summed E-state index contributed by atoms with van der Waals surface area (Å²) >= 11 is 0. The zero-order valence-electron chi connectivity index (χ0n) is 34.7. The number of hydrogen-bond acceptors (Lipinski definition) is 21. The van der Waals surface area contributed by atoms with Gasteiger partial charge in [0, 0.05) is 18.2 Å². The highest BCUT2D eigenvalue weighted by Crippen LogP contribution is 2.38. The Morgan fingerprint density at radius 3 is 1.42 bits per heavy atom. The van der Waals surface area contributed by atoms with Crippen LogP contribution in [0.15, 0.2) is 66.8 Å². The Hall–Kier alpha value is -6.43. The quantitative estimate of drug-likeness (QED) is 0.0521. The van der Waals surface area contributed by atoms with E-state index in [0.717, 1.165) is 18.2 Å². The van der Waals surface area contributed by atoms with Crippen LogP contribution in [0.1, 0.15) is 16.7 Å². The van der Waals surface area contributed by atoms with Gasteiger partial charge in [0.15, 0.2) is 53.0 Å². The van der Waals surface area contributed by atoms with Gasteiger partial charge in [-0.3, -0.25) is 0 Å². The van der Waals surface area contributed by atoms with Crippen LogP contribution in [0.4, 0.5) is 0 Å². The summed E-state index contributed by atoms with van der Waals surface area (Å²) in [5.74, 6) is -3.60. The van der Waals surface area contributed by atoms with E-state index in [0.29, 0.717) is 16.7 Å². The molecule has 10 unspecified atom stereocenters. The van der Waals surface area contributed by atoms with Crippen molar-refractivity contribution < 1.29 is 103 Å². The third kappa shape index (κ3) is 12.0. The molecular weight excluding hydrogens is 852 g/mol. The number of carbonyl (C=O) groups is 3. The van der Waals surface area contributed by atoms with Crippen LogP contribution in [0.25, 0.3) is 18.2 Å². The van der Waals surface area contributed by atoms with E-state index < -0.39 is 92.5 Å². The minimum Gasteiger partial charge on any atom is -0.504 e. The second-order valence-corrected chi connectivity index (χ2v) is 13.9. The van der Waals surface area contributed by atoms with Gasteiger partial charge in [0.25, 0.3) is 0 Å². The molecule has 10 atom stereocenters. The van der Waals surface area contributed by atoms with Gasteiger partial charge in [-0.15, -0.1) is 0 Å². The molecule has 21 nitrogen and oxygen atoms in total. The summed E-state index contributed by atoms with van der Waals surface area (Å²) in [5.41, 5.74) is 1.11. The lowest BCUT2D eigenvalue weighted by molar-refractivity contribution is -0.328. The lowest BCUT2D eigenvalue weighted by atomic mass is 9.98. The summed E-state index contributed by atoms with van der Waals surface area (Å²) in [4.78, 5) is 39.2. The number of carbonyl (C=O) groups excluding carboxylic acids is 3. The molecule has 0 bridgehead atoms. The summed E-state index contributed by atoms with van der Waals surface area (Å²) in [5, 5.41) is 83.9. The molecule has 2 heterocycles. The summed E-state index contributed by atoms with van der Waals surface area (Å²) in [6.07, 6.45) is -11.4. The van der Waals surface area contributed by atoms with Crippen LogP contribution in [-0.4, -0.2) is 162 Å². The average molecular weight is 901 g/mol. The largest absolute Gasteiger partial charge is 0.504 e. The third-order valence-electron chi connectivity index (χ3n) is 9.78. The number of methoxy groups -OCH3 is 4. The number of aromatic hydroxyl groups is 3. The Morgan fingerprint density at radius 2 is 0.953 bits per heavy atom. The first kappa shape index (κ1) is 48.6. The summed E-state index contributed by atoms with van der Waals surface area (Å²) < 4.78 is 53.9. The van der Waals surface area contributed by atoms with Crippen molar-refractivity contribution in [2.24, 2.45) is 0 Å². The van der Waals surface area contributed by atoms with E-state index in [9.17, 15) is 55.2 Å². The van der Waals surface area contributed by atoms with Gasteiger partial charge in [-0.2, -0.15) is 0 Å². The van der Waals surface area contributed by atoms with E-state index in [2.05, 4.69) is 0 Å². The van der Waals surface area contributed by atoms with E-state index in [-0.39, 0.29) is 40.2 Å². The summed E-state index contributed by atoms with van der Waals surface area (Å²) in [7, 11) is 5.26. The van der Waals surface area contributed by atoms with Crippen LogP contribution in [0.5, 0.6) is 40.2 Å². The molecule has 5 rings (SSSR count). The Bertz CT molecular complexity index is 2160. The number of hydrogen-bond donors (Lipinski definition) is 8. The second kappa shape index (κ2) is 22.3. The van der Waals surface area contributed by atoms with Crippen LogP contribution < -0.4 is 18.9 Å². The smallest absolute Gasteiger partial charge is 0.333 e. The summed E-state index contributed by atoms with van der Waals surface area (Å²) in [6, 6.07) is 11.2. The molecule has 64 heavy (non-hydrogen) atoms. The maximum atomic E-state index is 13.2. The molecule has 0 radical (unpaired) electrons. The highest BCUT2D eigenvalue weighted by atomic mass is 16.8. The number of rotatable bonds is 17. The molecule has 8 N–H and O–H groups in total. The maximum absolute atomic E-state index is 13.2. The monoisotopic (exact) mass is 900 g/mol. The van der Waals surface area contributed by atoms with Crippen LogP contribution >= 0.6 is 0 Å². The van der Waals surface area contributed by atoms with Gasteiger partial charge in [0.05, 0.1) is 41.7 Å². The number of phenolic OH excluding ortho intramolecular Hbond substituents is 3. The van der Waals surface area contributed by atoms with E-state index in [1.807, 2.05) is 0 Å². The fourth-order valence-electron chi connectivity index (χ4n) is 6.37. The maximum Gasteiger partial charge on any atom is 0.333 e. The molecule has 2 fully saturated rings. The van der Waals surface area contributed by atoms with Crippen LogP contribution in [-0.2, 0) is 42.8 Å². The standard InChI is InChI=1S/C43H48O21/c1-55-26-15-21(5-10-24(26)45)7-12-32(47)62-40-38(53)36(51)30(19-44)60-42(40)59-20-31-37(52)39(54)41(63-33(48)13-8-22-6-11-25(46)27(16-22)56-2)43(61-31)64-34(49)14-9-23-17-28(57-3)35(50)29(18-23)58-4/h5-18,30-31,36-46,50-54H,19-20H2,1-4H3. The molecule has 3 aromatic carbocycles. The molecule has 0 saturated carbocycles. The fraction of sp³-hybridized carbons (Fsp3) is 0.372. The Kier molecular flexibility index (Phi) is 16.9. The molecule has 2 aliphatic rings. The van der Waals surface area contributed by atoms with Crippen LogP contribution in [0, 0.1) is 0 Å². The van der Waals surface area contributed by atoms with Gasteiger partial charge in [-0.1, -0.05) is 12.1 Å². The van der Waals surface area contributed by atoms with Crippen LogP contribution in [0.2, 0.25) is 0 Å². The topological polar surface area (TPSA) is 305 Å². The molecule has 21 heteroatoms. The minimum atomic E-state index is -2.02.